The normalized spacial score (nSPS) is 12.7. The van der Waals surface area contributed by atoms with Crippen LogP contribution < -0.4 is 0 Å². The Morgan fingerprint density at radius 3 is 2.80 bits per heavy atom. The SMILES string of the molecule is CCOC(=O)C(Br)CCCl. The van der Waals surface area contributed by atoms with Gasteiger partial charge in [0.1, 0.15) is 4.83 Å². The van der Waals surface area contributed by atoms with E-state index in [0.717, 1.165) is 0 Å². The van der Waals surface area contributed by atoms with Crippen molar-refractivity contribution in [3.05, 3.63) is 0 Å². The Bertz CT molecular complexity index is 108. The molecule has 0 amide bonds. The molecule has 1 unspecified atom stereocenters. The predicted molar refractivity (Wildman–Crippen MR) is 44.7 cm³/mol. The second-order valence-corrected chi connectivity index (χ2v) is 3.18. The lowest BCUT2D eigenvalue weighted by molar-refractivity contribution is -0.142. The lowest BCUT2D eigenvalue weighted by Crippen LogP contribution is -2.17. The molecule has 60 valence electrons. The number of esters is 1. The van der Waals surface area contributed by atoms with Crippen molar-refractivity contribution in [3.8, 4) is 0 Å². The first-order chi connectivity index (χ1) is 4.72. The molecular weight excluding hydrogens is 219 g/mol. The summed E-state index contributed by atoms with van der Waals surface area (Å²) in [5.41, 5.74) is 0. The Labute approximate surface area is 74.0 Å². The molecule has 0 spiro atoms. The maximum Gasteiger partial charge on any atom is 0.319 e. The highest BCUT2D eigenvalue weighted by molar-refractivity contribution is 9.10. The molecule has 0 bridgehead atoms. The Morgan fingerprint density at radius 2 is 2.40 bits per heavy atom. The van der Waals surface area contributed by atoms with Gasteiger partial charge in [0, 0.05) is 5.88 Å². The largest absolute Gasteiger partial charge is 0.465 e. The number of ether oxygens (including phenoxy) is 1. The number of rotatable bonds is 4. The Morgan fingerprint density at radius 1 is 1.80 bits per heavy atom. The Hall–Kier alpha value is 0.240. The fourth-order valence-electron chi connectivity index (χ4n) is 0.446. The molecule has 1 atom stereocenters. The van der Waals surface area contributed by atoms with Gasteiger partial charge in [0.25, 0.3) is 0 Å². The second kappa shape index (κ2) is 5.98. The summed E-state index contributed by atoms with van der Waals surface area (Å²) in [7, 11) is 0. The lowest BCUT2D eigenvalue weighted by atomic mass is 10.3. The van der Waals surface area contributed by atoms with Crippen molar-refractivity contribution >= 4 is 33.5 Å². The first-order valence-corrected chi connectivity index (χ1v) is 4.54. The number of alkyl halides is 2. The molecule has 0 aliphatic rings. The standard InChI is InChI=1S/C6H10BrClO2/c1-2-10-6(9)5(7)3-4-8/h5H,2-4H2,1H3. The van der Waals surface area contributed by atoms with Crippen molar-refractivity contribution in [1.82, 2.24) is 0 Å². The number of hydrogen-bond acceptors (Lipinski definition) is 2. The van der Waals surface area contributed by atoms with E-state index in [1.807, 2.05) is 0 Å². The summed E-state index contributed by atoms with van der Waals surface area (Å²) < 4.78 is 4.71. The smallest absolute Gasteiger partial charge is 0.319 e. The zero-order valence-corrected chi connectivity index (χ0v) is 8.11. The number of carbonyl (C=O) groups excluding carboxylic acids is 1. The van der Waals surface area contributed by atoms with E-state index in [1.165, 1.54) is 0 Å². The summed E-state index contributed by atoms with van der Waals surface area (Å²) in [4.78, 5) is 10.6. The van der Waals surface area contributed by atoms with Gasteiger partial charge in [-0.1, -0.05) is 15.9 Å². The van der Waals surface area contributed by atoms with Crippen molar-refractivity contribution in [1.29, 1.82) is 0 Å². The molecule has 0 aliphatic heterocycles. The van der Waals surface area contributed by atoms with Gasteiger partial charge in [0.05, 0.1) is 6.61 Å². The molecule has 0 aromatic carbocycles. The van der Waals surface area contributed by atoms with E-state index in [9.17, 15) is 4.79 Å². The van der Waals surface area contributed by atoms with Gasteiger partial charge in [0.15, 0.2) is 0 Å². The van der Waals surface area contributed by atoms with Crippen molar-refractivity contribution in [2.24, 2.45) is 0 Å². The van der Waals surface area contributed by atoms with Crippen molar-refractivity contribution < 1.29 is 9.53 Å². The number of carbonyl (C=O) groups is 1. The summed E-state index contributed by atoms with van der Waals surface area (Å²) in [5.74, 6) is 0.234. The third kappa shape index (κ3) is 4.12. The molecule has 0 aromatic heterocycles. The molecule has 0 aromatic rings. The number of hydrogen-bond donors (Lipinski definition) is 0. The molecule has 0 radical (unpaired) electrons. The molecule has 0 heterocycles. The van der Waals surface area contributed by atoms with E-state index < -0.39 is 0 Å². The van der Waals surface area contributed by atoms with Crippen LogP contribution in [-0.4, -0.2) is 23.3 Å². The van der Waals surface area contributed by atoms with Gasteiger partial charge >= 0.3 is 5.97 Å². The summed E-state index contributed by atoms with van der Waals surface area (Å²) in [6, 6.07) is 0. The fraction of sp³-hybridized carbons (Fsp3) is 0.833. The van der Waals surface area contributed by atoms with E-state index in [-0.39, 0.29) is 10.8 Å². The van der Waals surface area contributed by atoms with Gasteiger partial charge in [-0.05, 0) is 13.3 Å². The van der Waals surface area contributed by atoms with Crippen LogP contribution in [0.25, 0.3) is 0 Å². The minimum Gasteiger partial charge on any atom is -0.465 e. The van der Waals surface area contributed by atoms with Crippen molar-refractivity contribution in [3.63, 3.8) is 0 Å². The van der Waals surface area contributed by atoms with Crippen LogP contribution in [0.2, 0.25) is 0 Å². The zero-order valence-electron chi connectivity index (χ0n) is 5.77. The van der Waals surface area contributed by atoms with Crippen molar-refractivity contribution in [2.45, 2.75) is 18.2 Å². The van der Waals surface area contributed by atoms with Gasteiger partial charge in [-0.2, -0.15) is 0 Å². The molecule has 0 fully saturated rings. The third-order valence-electron chi connectivity index (χ3n) is 0.905. The third-order valence-corrected chi connectivity index (χ3v) is 1.95. The quantitative estimate of drug-likeness (QED) is 0.544. The van der Waals surface area contributed by atoms with Crippen LogP contribution >= 0.6 is 27.5 Å². The molecule has 4 heteroatoms. The highest BCUT2D eigenvalue weighted by atomic mass is 79.9. The van der Waals surface area contributed by atoms with Gasteiger partial charge < -0.3 is 4.74 Å². The monoisotopic (exact) mass is 228 g/mol. The molecule has 0 N–H and O–H groups in total. The topological polar surface area (TPSA) is 26.3 Å². The molecule has 0 rings (SSSR count). The fourth-order valence-corrected chi connectivity index (χ4v) is 1.29. The van der Waals surface area contributed by atoms with E-state index in [4.69, 9.17) is 16.3 Å². The van der Waals surface area contributed by atoms with Gasteiger partial charge in [0.2, 0.25) is 0 Å². The number of halogens is 2. The first kappa shape index (κ1) is 10.2. The molecule has 0 saturated heterocycles. The molecular formula is C6H10BrClO2. The van der Waals surface area contributed by atoms with Crippen LogP contribution in [0.3, 0.4) is 0 Å². The van der Waals surface area contributed by atoms with Gasteiger partial charge in [-0.25, -0.2) is 0 Å². The highest BCUT2D eigenvalue weighted by Gasteiger charge is 2.13. The summed E-state index contributed by atoms with van der Waals surface area (Å²) in [6.07, 6.45) is 0.611. The summed E-state index contributed by atoms with van der Waals surface area (Å²) >= 11 is 8.55. The molecule has 0 saturated carbocycles. The van der Waals surface area contributed by atoms with Crippen molar-refractivity contribution in [2.75, 3.05) is 12.5 Å². The van der Waals surface area contributed by atoms with E-state index >= 15 is 0 Å². The van der Waals surface area contributed by atoms with Crippen LogP contribution in [0.5, 0.6) is 0 Å². The summed E-state index contributed by atoms with van der Waals surface area (Å²) in [5, 5.41) is 0. The van der Waals surface area contributed by atoms with Crippen LogP contribution in [0.15, 0.2) is 0 Å². The lowest BCUT2D eigenvalue weighted by Gasteiger charge is -2.05. The molecule has 10 heavy (non-hydrogen) atoms. The average Bonchev–Trinajstić information content (AvgIpc) is 1.89. The van der Waals surface area contributed by atoms with Crippen LogP contribution in [-0.2, 0) is 9.53 Å². The second-order valence-electron chi connectivity index (χ2n) is 1.70. The first-order valence-electron chi connectivity index (χ1n) is 3.09. The Balaban J connectivity index is 3.49. The average molecular weight is 230 g/mol. The minimum atomic E-state index is -0.245. The van der Waals surface area contributed by atoms with Crippen LogP contribution in [0.4, 0.5) is 0 Å². The van der Waals surface area contributed by atoms with Crippen LogP contribution in [0.1, 0.15) is 13.3 Å². The van der Waals surface area contributed by atoms with E-state index in [2.05, 4.69) is 15.9 Å². The molecule has 2 nitrogen and oxygen atoms in total. The summed E-state index contributed by atoms with van der Waals surface area (Å²) in [6.45, 7) is 2.20. The zero-order chi connectivity index (χ0) is 7.98. The van der Waals surface area contributed by atoms with E-state index in [0.29, 0.717) is 18.9 Å². The Kier molecular flexibility index (Phi) is 6.13. The maximum atomic E-state index is 10.8. The maximum absolute atomic E-state index is 10.8. The minimum absolute atomic E-state index is 0.233. The van der Waals surface area contributed by atoms with Crippen LogP contribution in [0, 0.1) is 0 Å². The van der Waals surface area contributed by atoms with Gasteiger partial charge in [-0.15, -0.1) is 11.6 Å². The van der Waals surface area contributed by atoms with E-state index in [1.54, 1.807) is 6.92 Å². The highest BCUT2D eigenvalue weighted by Crippen LogP contribution is 2.07. The predicted octanol–water partition coefficient (Wildman–Crippen LogP) is 1.94. The molecule has 0 aliphatic carbocycles. The van der Waals surface area contributed by atoms with Gasteiger partial charge in [-0.3, -0.25) is 4.79 Å².